The molecule has 2 fully saturated rings. The van der Waals surface area contributed by atoms with Crippen LogP contribution < -0.4 is 14.2 Å². The molecule has 0 radical (unpaired) electrons. The van der Waals surface area contributed by atoms with Gasteiger partial charge in [0.1, 0.15) is 42.6 Å². The number of halogens is 3. The number of piperidine rings is 2. The first-order valence-electron chi connectivity index (χ1n) is 18.1. The van der Waals surface area contributed by atoms with E-state index in [4.69, 9.17) is 49.0 Å². The standard InChI is InChI=1S/C41H43Cl3N4O5/c42-34-20-31(25-48-17-5-2-12-35(48)41(49)50)37(52-26-29-19-28(22-45)23-46-24-29)21-38(34)53-27-30-9-6-10-32(39(30)43)33-11-7-13-36(40(33)44)51-18-8-16-47-14-3-1-4-15-47/h6-7,9-11,13,19-21,23-24,35H,1-5,8,12,14-18,25-27H2,(H,49,50)/t35-/m0/s1. The van der Waals surface area contributed by atoms with E-state index in [-0.39, 0.29) is 13.2 Å². The zero-order valence-corrected chi connectivity index (χ0v) is 31.8. The van der Waals surface area contributed by atoms with Gasteiger partial charge in [-0.25, -0.2) is 0 Å². The van der Waals surface area contributed by atoms with Gasteiger partial charge in [-0.2, -0.15) is 5.26 Å². The number of carbonyl (C=O) groups is 1. The number of benzene rings is 3. The van der Waals surface area contributed by atoms with Crippen molar-refractivity contribution in [2.24, 2.45) is 0 Å². The van der Waals surface area contributed by atoms with Gasteiger partial charge in [0.05, 0.1) is 27.2 Å². The van der Waals surface area contributed by atoms with E-state index in [1.807, 2.05) is 41.3 Å². The maximum absolute atomic E-state index is 12.1. The third kappa shape index (κ3) is 10.1. The molecule has 2 aliphatic rings. The minimum absolute atomic E-state index is 0.108. The summed E-state index contributed by atoms with van der Waals surface area (Å²) in [5.74, 6) is 0.637. The van der Waals surface area contributed by atoms with Gasteiger partial charge in [-0.05, 0) is 69.9 Å². The molecule has 6 rings (SSSR count). The first-order chi connectivity index (χ1) is 25.8. The summed E-state index contributed by atoms with van der Waals surface area (Å²) >= 11 is 20.7. The highest BCUT2D eigenvalue weighted by Crippen LogP contribution is 2.41. The number of pyridine rings is 1. The Morgan fingerprint density at radius 3 is 2.38 bits per heavy atom. The maximum Gasteiger partial charge on any atom is 0.320 e. The second-order valence-corrected chi connectivity index (χ2v) is 14.6. The van der Waals surface area contributed by atoms with Crippen LogP contribution in [0.15, 0.2) is 67.0 Å². The van der Waals surface area contributed by atoms with Gasteiger partial charge in [0.15, 0.2) is 0 Å². The highest BCUT2D eigenvalue weighted by molar-refractivity contribution is 6.37. The van der Waals surface area contributed by atoms with E-state index in [1.54, 1.807) is 24.4 Å². The lowest BCUT2D eigenvalue weighted by Crippen LogP contribution is -2.44. The number of carboxylic acids is 1. The fourth-order valence-corrected chi connectivity index (χ4v) is 7.76. The van der Waals surface area contributed by atoms with Gasteiger partial charge in [-0.3, -0.25) is 14.7 Å². The fraction of sp³-hybridized carbons (Fsp3) is 0.390. The largest absolute Gasteiger partial charge is 0.492 e. The van der Waals surface area contributed by atoms with E-state index in [1.165, 1.54) is 25.5 Å². The second kappa shape index (κ2) is 18.8. The molecule has 4 aromatic rings. The van der Waals surface area contributed by atoms with Gasteiger partial charge in [0.25, 0.3) is 0 Å². The summed E-state index contributed by atoms with van der Waals surface area (Å²) in [4.78, 5) is 20.6. The van der Waals surface area contributed by atoms with Crippen LogP contribution in [0, 0.1) is 11.3 Å². The summed E-state index contributed by atoms with van der Waals surface area (Å²) in [7, 11) is 0. The quantitative estimate of drug-likeness (QED) is 0.118. The molecule has 0 saturated carbocycles. The predicted molar refractivity (Wildman–Crippen MR) is 207 cm³/mol. The monoisotopic (exact) mass is 776 g/mol. The normalized spacial score (nSPS) is 16.5. The lowest BCUT2D eigenvalue weighted by molar-refractivity contribution is -0.144. The van der Waals surface area contributed by atoms with Crippen molar-refractivity contribution in [2.75, 3.05) is 32.8 Å². The molecular formula is C41H43Cl3N4O5. The predicted octanol–water partition coefficient (Wildman–Crippen LogP) is 9.43. The number of aromatic nitrogens is 1. The second-order valence-electron chi connectivity index (χ2n) is 13.5. The van der Waals surface area contributed by atoms with E-state index >= 15 is 0 Å². The van der Waals surface area contributed by atoms with E-state index in [9.17, 15) is 15.2 Å². The molecule has 0 spiro atoms. The topological polar surface area (TPSA) is 108 Å². The van der Waals surface area contributed by atoms with Gasteiger partial charge in [0.2, 0.25) is 0 Å². The molecule has 9 nitrogen and oxygen atoms in total. The van der Waals surface area contributed by atoms with Crippen molar-refractivity contribution >= 4 is 40.8 Å². The number of nitrogens with zero attached hydrogens (tertiary/aromatic N) is 4. The van der Waals surface area contributed by atoms with Crippen molar-refractivity contribution in [3.05, 3.63) is 104 Å². The average Bonchev–Trinajstić information content (AvgIpc) is 3.17. The van der Waals surface area contributed by atoms with Crippen molar-refractivity contribution in [1.29, 1.82) is 5.26 Å². The van der Waals surface area contributed by atoms with E-state index in [2.05, 4.69) is 16.0 Å². The van der Waals surface area contributed by atoms with Gasteiger partial charge >= 0.3 is 5.97 Å². The van der Waals surface area contributed by atoms with Crippen LogP contribution in [0.1, 0.15) is 67.2 Å². The first kappa shape index (κ1) is 38.7. The Labute approximate surface area is 325 Å². The summed E-state index contributed by atoms with van der Waals surface area (Å²) in [6, 6.07) is 18.1. The molecule has 12 heteroatoms. The number of likely N-dealkylation sites (tertiary alicyclic amines) is 2. The highest BCUT2D eigenvalue weighted by atomic mass is 35.5. The smallest absolute Gasteiger partial charge is 0.320 e. The molecule has 1 atom stereocenters. The van der Waals surface area contributed by atoms with Crippen molar-refractivity contribution < 1.29 is 24.1 Å². The molecule has 53 heavy (non-hydrogen) atoms. The Morgan fingerprint density at radius 1 is 0.830 bits per heavy atom. The summed E-state index contributed by atoms with van der Waals surface area (Å²) in [6.45, 7) is 5.13. The zero-order chi connectivity index (χ0) is 37.2. The van der Waals surface area contributed by atoms with Crippen LogP contribution in [0.2, 0.25) is 15.1 Å². The summed E-state index contributed by atoms with van der Waals surface area (Å²) in [5, 5.41) is 20.6. The van der Waals surface area contributed by atoms with Crippen LogP contribution in [0.3, 0.4) is 0 Å². The first-order valence-corrected chi connectivity index (χ1v) is 19.2. The Bertz CT molecular complexity index is 1930. The number of hydrogen-bond acceptors (Lipinski definition) is 8. The Morgan fingerprint density at radius 2 is 1.58 bits per heavy atom. The van der Waals surface area contributed by atoms with E-state index < -0.39 is 12.0 Å². The average molecular weight is 778 g/mol. The lowest BCUT2D eigenvalue weighted by atomic mass is 10.0. The summed E-state index contributed by atoms with van der Waals surface area (Å²) in [5.41, 5.74) is 4.10. The fourth-order valence-electron chi connectivity index (χ4n) is 6.95. The number of aliphatic carboxylic acids is 1. The molecular weight excluding hydrogens is 735 g/mol. The number of carboxylic acid groups (broad SMARTS) is 1. The van der Waals surface area contributed by atoms with Crippen LogP contribution in [-0.2, 0) is 24.6 Å². The molecule has 0 amide bonds. The lowest BCUT2D eigenvalue weighted by Gasteiger charge is -2.33. The Kier molecular flexibility index (Phi) is 13.7. The van der Waals surface area contributed by atoms with Crippen LogP contribution in [-0.4, -0.2) is 64.7 Å². The molecule has 3 aromatic carbocycles. The van der Waals surface area contributed by atoms with Gasteiger partial charge in [-0.1, -0.05) is 78.0 Å². The van der Waals surface area contributed by atoms with Crippen molar-refractivity contribution in [1.82, 2.24) is 14.8 Å². The summed E-state index contributed by atoms with van der Waals surface area (Å²) in [6.07, 6.45) is 10.2. The van der Waals surface area contributed by atoms with Crippen LogP contribution in [0.25, 0.3) is 11.1 Å². The van der Waals surface area contributed by atoms with Crippen LogP contribution >= 0.6 is 34.8 Å². The van der Waals surface area contributed by atoms with Crippen LogP contribution in [0.4, 0.5) is 0 Å². The molecule has 2 aliphatic heterocycles. The minimum Gasteiger partial charge on any atom is -0.492 e. The molecule has 0 bridgehead atoms. The van der Waals surface area contributed by atoms with E-state index in [0.717, 1.165) is 61.2 Å². The molecule has 0 aliphatic carbocycles. The number of hydrogen-bond donors (Lipinski definition) is 1. The van der Waals surface area contributed by atoms with Crippen molar-refractivity contribution in [3.8, 4) is 34.4 Å². The molecule has 1 N–H and O–H groups in total. The minimum atomic E-state index is -0.847. The van der Waals surface area contributed by atoms with Gasteiger partial charge in [0, 0.05) is 59.4 Å². The maximum atomic E-state index is 12.1. The molecule has 0 unspecified atom stereocenters. The molecule has 2 saturated heterocycles. The zero-order valence-electron chi connectivity index (χ0n) is 29.5. The van der Waals surface area contributed by atoms with Crippen molar-refractivity contribution in [3.63, 3.8) is 0 Å². The highest BCUT2D eigenvalue weighted by Gasteiger charge is 2.29. The van der Waals surface area contributed by atoms with Gasteiger partial charge in [-0.15, -0.1) is 0 Å². The molecule has 278 valence electrons. The SMILES string of the molecule is N#Cc1cncc(COc2cc(OCc3cccc(-c4cccc(OCCCN5CCCCC5)c4Cl)c3Cl)c(Cl)cc2CN2CCCC[C@H]2C(=O)O)c1. The van der Waals surface area contributed by atoms with Crippen molar-refractivity contribution in [2.45, 2.75) is 70.7 Å². The third-order valence-corrected chi connectivity index (χ3v) is 10.9. The Balaban J connectivity index is 1.18. The Hall–Kier alpha value is -4.04. The molecule has 1 aromatic heterocycles. The van der Waals surface area contributed by atoms with Crippen LogP contribution in [0.5, 0.6) is 17.2 Å². The van der Waals surface area contributed by atoms with E-state index in [0.29, 0.717) is 69.6 Å². The third-order valence-electron chi connectivity index (χ3n) is 9.75. The van der Waals surface area contributed by atoms with Gasteiger partial charge < -0.3 is 24.2 Å². The summed E-state index contributed by atoms with van der Waals surface area (Å²) < 4.78 is 18.7. The number of ether oxygens (including phenoxy) is 3. The number of rotatable bonds is 15. The number of nitriles is 1. The molecule has 3 heterocycles.